The van der Waals surface area contributed by atoms with Crippen LogP contribution in [-0.2, 0) is 17.5 Å². The second-order valence-corrected chi connectivity index (χ2v) is 6.06. The lowest BCUT2D eigenvalue weighted by Gasteiger charge is -2.18. The first-order valence-electron chi connectivity index (χ1n) is 7.68. The summed E-state index contributed by atoms with van der Waals surface area (Å²) in [6.07, 6.45) is -3.47. The molecule has 0 spiro atoms. The van der Waals surface area contributed by atoms with Gasteiger partial charge in [-0.3, -0.25) is 9.69 Å². The number of nitrogens with zero attached hydrogens (tertiary/aromatic N) is 1. The molecular formula is C16H24Cl2F3N3O. The van der Waals surface area contributed by atoms with Gasteiger partial charge in [-0.2, -0.15) is 13.2 Å². The van der Waals surface area contributed by atoms with Crippen molar-refractivity contribution in [3.8, 4) is 0 Å². The highest BCUT2D eigenvalue weighted by molar-refractivity contribution is 5.85. The van der Waals surface area contributed by atoms with Crippen LogP contribution in [0.15, 0.2) is 24.3 Å². The van der Waals surface area contributed by atoms with Crippen LogP contribution >= 0.6 is 24.8 Å². The number of carbonyl (C=O) groups excluding carboxylic acids is 1. The SMILES string of the molecule is CC(CN)C(=O)NC1CCN(Cc2ccc(C(F)(F)F)cc2)C1.Cl.Cl. The zero-order chi connectivity index (χ0) is 17.0. The Morgan fingerprint density at radius 1 is 1.32 bits per heavy atom. The third-order valence-corrected chi connectivity index (χ3v) is 4.11. The van der Waals surface area contributed by atoms with Crippen molar-refractivity contribution in [2.75, 3.05) is 19.6 Å². The van der Waals surface area contributed by atoms with Crippen molar-refractivity contribution < 1.29 is 18.0 Å². The summed E-state index contributed by atoms with van der Waals surface area (Å²) in [4.78, 5) is 13.9. The van der Waals surface area contributed by atoms with E-state index < -0.39 is 11.7 Å². The van der Waals surface area contributed by atoms with Crippen LogP contribution in [-0.4, -0.2) is 36.5 Å². The minimum atomic E-state index is -4.30. The maximum absolute atomic E-state index is 12.5. The predicted octanol–water partition coefficient (Wildman–Crippen LogP) is 2.83. The lowest BCUT2D eigenvalue weighted by atomic mass is 10.1. The molecule has 3 N–H and O–H groups in total. The molecular weight excluding hydrogens is 378 g/mol. The standard InChI is InChI=1S/C16H22F3N3O.2ClH/c1-11(8-20)15(23)21-14-6-7-22(10-14)9-12-2-4-13(5-3-12)16(17,18)19;;/h2-5,11,14H,6-10,20H2,1H3,(H,21,23);2*1H. The van der Waals surface area contributed by atoms with Crippen LogP contribution in [0.5, 0.6) is 0 Å². The highest BCUT2D eigenvalue weighted by atomic mass is 35.5. The third kappa shape index (κ3) is 7.01. The van der Waals surface area contributed by atoms with E-state index in [1.54, 1.807) is 6.92 Å². The van der Waals surface area contributed by atoms with Crippen molar-refractivity contribution in [3.63, 3.8) is 0 Å². The van der Waals surface area contributed by atoms with Gasteiger partial charge in [0.25, 0.3) is 0 Å². The Labute approximate surface area is 158 Å². The smallest absolute Gasteiger partial charge is 0.352 e. The molecule has 1 amide bonds. The molecule has 0 radical (unpaired) electrons. The molecule has 1 saturated heterocycles. The molecule has 0 aliphatic carbocycles. The van der Waals surface area contributed by atoms with Crippen molar-refractivity contribution in [1.29, 1.82) is 0 Å². The van der Waals surface area contributed by atoms with Crippen molar-refractivity contribution in [1.82, 2.24) is 10.2 Å². The number of rotatable bonds is 5. The Kier molecular flexibility index (Phi) is 9.79. The van der Waals surface area contributed by atoms with Crippen molar-refractivity contribution in [3.05, 3.63) is 35.4 Å². The third-order valence-electron chi connectivity index (χ3n) is 4.11. The van der Waals surface area contributed by atoms with Crippen LogP contribution in [0.4, 0.5) is 13.2 Å². The summed E-state index contributed by atoms with van der Waals surface area (Å²) >= 11 is 0. The summed E-state index contributed by atoms with van der Waals surface area (Å²) < 4.78 is 37.6. The lowest BCUT2D eigenvalue weighted by Crippen LogP contribution is -2.41. The largest absolute Gasteiger partial charge is 0.416 e. The number of amides is 1. The van der Waals surface area contributed by atoms with Crippen LogP contribution in [0, 0.1) is 5.92 Å². The van der Waals surface area contributed by atoms with E-state index in [-0.39, 0.29) is 42.7 Å². The van der Waals surface area contributed by atoms with Crippen molar-refractivity contribution >= 4 is 30.7 Å². The molecule has 2 atom stereocenters. The van der Waals surface area contributed by atoms with Crippen LogP contribution < -0.4 is 11.1 Å². The first-order chi connectivity index (χ1) is 10.8. The first-order valence-corrected chi connectivity index (χ1v) is 7.68. The van der Waals surface area contributed by atoms with Gasteiger partial charge in [-0.15, -0.1) is 24.8 Å². The molecule has 1 fully saturated rings. The van der Waals surface area contributed by atoms with Gasteiger partial charge < -0.3 is 11.1 Å². The average molecular weight is 402 g/mol. The summed E-state index contributed by atoms with van der Waals surface area (Å²) in [5.41, 5.74) is 5.67. The fourth-order valence-electron chi connectivity index (χ4n) is 2.60. The summed E-state index contributed by atoms with van der Waals surface area (Å²) in [5, 5.41) is 2.96. The highest BCUT2D eigenvalue weighted by Crippen LogP contribution is 2.29. The zero-order valence-electron chi connectivity index (χ0n) is 13.9. The fraction of sp³-hybridized carbons (Fsp3) is 0.562. The van der Waals surface area contributed by atoms with Gasteiger partial charge in [0.05, 0.1) is 5.56 Å². The van der Waals surface area contributed by atoms with Gasteiger partial charge in [0.1, 0.15) is 0 Å². The Morgan fingerprint density at radius 2 is 1.92 bits per heavy atom. The van der Waals surface area contributed by atoms with Gasteiger partial charge in [0, 0.05) is 38.1 Å². The molecule has 2 unspecified atom stereocenters. The molecule has 2 rings (SSSR count). The van der Waals surface area contributed by atoms with Crippen LogP contribution in [0.3, 0.4) is 0 Å². The molecule has 1 aromatic carbocycles. The van der Waals surface area contributed by atoms with Gasteiger partial charge >= 0.3 is 6.18 Å². The van der Waals surface area contributed by atoms with Gasteiger partial charge in [0.2, 0.25) is 5.91 Å². The van der Waals surface area contributed by atoms with Crippen LogP contribution in [0.2, 0.25) is 0 Å². The minimum Gasteiger partial charge on any atom is -0.352 e. The normalized spacial score (nSPS) is 18.8. The van der Waals surface area contributed by atoms with Crippen LogP contribution in [0.25, 0.3) is 0 Å². The Bertz CT molecular complexity index is 540. The minimum absolute atomic E-state index is 0. The Balaban J connectivity index is 0.00000288. The second kappa shape index (κ2) is 10.2. The number of carbonyl (C=O) groups is 1. The second-order valence-electron chi connectivity index (χ2n) is 6.06. The molecule has 1 aromatic rings. The quantitative estimate of drug-likeness (QED) is 0.797. The summed E-state index contributed by atoms with van der Waals surface area (Å²) in [5.74, 6) is -0.257. The monoisotopic (exact) mass is 401 g/mol. The van der Waals surface area contributed by atoms with E-state index in [4.69, 9.17) is 5.73 Å². The van der Waals surface area contributed by atoms with Crippen molar-refractivity contribution in [2.45, 2.75) is 32.1 Å². The average Bonchev–Trinajstić information content (AvgIpc) is 2.93. The molecule has 9 heteroatoms. The number of benzene rings is 1. The van der Waals surface area contributed by atoms with E-state index in [9.17, 15) is 18.0 Å². The van der Waals surface area contributed by atoms with Gasteiger partial charge in [0.15, 0.2) is 0 Å². The molecule has 25 heavy (non-hydrogen) atoms. The lowest BCUT2D eigenvalue weighted by molar-refractivity contribution is -0.137. The van der Waals surface area contributed by atoms with Crippen LogP contribution in [0.1, 0.15) is 24.5 Å². The first kappa shape index (κ1) is 24.0. The molecule has 1 aliphatic heterocycles. The molecule has 4 nitrogen and oxygen atoms in total. The number of hydrogen-bond acceptors (Lipinski definition) is 3. The van der Waals surface area contributed by atoms with E-state index in [2.05, 4.69) is 10.2 Å². The highest BCUT2D eigenvalue weighted by Gasteiger charge is 2.30. The number of hydrogen-bond donors (Lipinski definition) is 2. The van der Waals surface area contributed by atoms with Crippen molar-refractivity contribution in [2.24, 2.45) is 11.7 Å². The topological polar surface area (TPSA) is 58.4 Å². The molecule has 1 aliphatic rings. The van der Waals surface area contributed by atoms with Gasteiger partial charge in [-0.25, -0.2) is 0 Å². The maximum Gasteiger partial charge on any atom is 0.416 e. The summed E-state index contributed by atoms with van der Waals surface area (Å²) in [7, 11) is 0. The molecule has 0 aromatic heterocycles. The van der Waals surface area contributed by atoms with E-state index in [0.717, 1.165) is 30.7 Å². The Hall–Kier alpha value is -1.02. The van der Waals surface area contributed by atoms with E-state index in [1.807, 2.05) is 0 Å². The van der Waals surface area contributed by atoms with Gasteiger partial charge in [-0.1, -0.05) is 19.1 Å². The van der Waals surface area contributed by atoms with E-state index in [1.165, 1.54) is 12.1 Å². The molecule has 0 bridgehead atoms. The molecule has 1 heterocycles. The summed E-state index contributed by atoms with van der Waals surface area (Å²) in [6.45, 7) is 4.18. The van der Waals surface area contributed by atoms with E-state index >= 15 is 0 Å². The number of nitrogens with one attached hydrogen (secondary N) is 1. The molecule has 0 saturated carbocycles. The Morgan fingerprint density at radius 3 is 2.44 bits per heavy atom. The predicted molar refractivity (Wildman–Crippen MR) is 96.0 cm³/mol. The maximum atomic E-state index is 12.5. The number of nitrogens with two attached hydrogens (primary N) is 1. The number of alkyl halides is 3. The fourth-order valence-corrected chi connectivity index (χ4v) is 2.60. The number of likely N-dealkylation sites (tertiary alicyclic amines) is 1. The molecule has 144 valence electrons. The van der Waals surface area contributed by atoms with Gasteiger partial charge in [-0.05, 0) is 24.1 Å². The summed E-state index contributed by atoms with van der Waals surface area (Å²) in [6, 6.07) is 5.29. The number of halogens is 5. The zero-order valence-corrected chi connectivity index (χ0v) is 15.5. The van der Waals surface area contributed by atoms with E-state index in [0.29, 0.717) is 19.6 Å².